The first-order valence-electron chi connectivity index (χ1n) is 7.08. The molecule has 0 spiro atoms. The second-order valence-electron chi connectivity index (χ2n) is 4.98. The van der Waals surface area contributed by atoms with Crippen molar-refractivity contribution in [2.24, 2.45) is 0 Å². The second-order valence-corrected chi connectivity index (χ2v) is 5.91. The maximum absolute atomic E-state index is 12.8. The van der Waals surface area contributed by atoms with Gasteiger partial charge in [0, 0.05) is 5.75 Å². The summed E-state index contributed by atoms with van der Waals surface area (Å²) in [5.41, 5.74) is 2.12. The Balaban J connectivity index is 1.52. The summed E-state index contributed by atoms with van der Waals surface area (Å²) in [7, 11) is 0. The van der Waals surface area contributed by atoms with Gasteiger partial charge in [0.15, 0.2) is 6.61 Å². The van der Waals surface area contributed by atoms with Crippen LogP contribution in [-0.4, -0.2) is 10.2 Å². The molecular formula is C17H15FN2O2S. The Morgan fingerprint density at radius 2 is 1.96 bits per heavy atom. The minimum atomic E-state index is -0.243. The number of halogens is 1. The molecule has 0 radical (unpaired) electrons. The van der Waals surface area contributed by atoms with Crippen LogP contribution in [0.1, 0.15) is 17.0 Å². The van der Waals surface area contributed by atoms with Gasteiger partial charge in [-0.1, -0.05) is 36.0 Å². The van der Waals surface area contributed by atoms with Crippen molar-refractivity contribution in [2.75, 3.05) is 0 Å². The maximum atomic E-state index is 12.8. The largest absolute Gasteiger partial charge is 0.484 e. The molecule has 3 aromatic rings. The minimum Gasteiger partial charge on any atom is -0.484 e. The highest BCUT2D eigenvalue weighted by atomic mass is 32.2. The van der Waals surface area contributed by atoms with Crippen molar-refractivity contribution in [3.05, 3.63) is 71.4 Å². The Kier molecular flexibility index (Phi) is 4.92. The third kappa shape index (κ3) is 4.56. The summed E-state index contributed by atoms with van der Waals surface area (Å²) >= 11 is 1.41. The predicted molar refractivity (Wildman–Crippen MR) is 85.8 cm³/mol. The van der Waals surface area contributed by atoms with Crippen LogP contribution in [0.5, 0.6) is 5.75 Å². The lowest BCUT2D eigenvalue weighted by Crippen LogP contribution is -1.95. The normalized spacial score (nSPS) is 10.7. The molecule has 0 bridgehead atoms. The summed E-state index contributed by atoms with van der Waals surface area (Å²) in [6, 6.07) is 14.1. The number of aromatic nitrogens is 2. The van der Waals surface area contributed by atoms with E-state index in [4.69, 9.17) is 9.15 Å². The first kappa shape index (κ1) is 15.6. The Hall–Kier alpha value is -2.34. The molecular weight excluding hydrogens is 315 g/mol. The minimum absolute atomic E-state index is 0.230. The van der Waals surface area contributed by atoms with Gasteiger partial charge in [0.1, 0.15) is 11.6 Å². The van der Waals surface area contributed by atoms with Crippen LogP contribution in [0.4, 0.5) is 4.39 Å². The van der Waals surface area contributed by atoms with Crippen LogP contribution in [0.3, 0.4) is 0 Å². The van der Waals surface area contributed by atoms with Crippen LogP contribution in [0.25, 0.3) is 0 Å². The topological polar surface area (TPSA) is 48.2 Å². The summed E-state index contributed by atoms with van der Waals surface area (Å²) in [6.07, 6.45) is 0. The fourth-order valence-corrected chi connectivity index (χ4v) is 2.67. The van der Waals surface area contributed by atoms with Crippen LogP contribution in [0, 0.1) is 12.7 Å². The molecule has 2 aromatic carbocycles. The van der Waals surface area contributed by atoms with Crippen LogP contribution in [0.15, 0.2) is 58.2 Å². The van der Waals surface area contributed by atoms with E-state index < -0.39 is 0 Å². The summed E-state index contributed by atoms with van der Waals surface area (Å²) in [4.78, 5) is 0. The van der Waals surface area contributed by atoms with Crippen molar-refractivity contribution in [1.82, 2.24) is 10.2 Å². The van der Waals surface area contributed by atoms with Gasteiger partial charge in [0.05, 0.1) is 0 Å². The van der Waals surface area contributed by atoms with E-state index in [1.807, 2.05) is 31.2 Å². The molecule has 0 atom stereocenters. The van der Waals surface area contributed by atoms with E-state index in [-0.39, 0.29) is 12.4 Å². The first-order chi connectivity index (χ1) is 11.2. The number of benzene rings is 2. The van der Waals surface area contributed by atoms with Crippen molar-refractivity contribution < 1.29 is 13.5 Å². The van der Waals surface area contributed by atoms with Gasteiger partial charge in [-0.3, -0.25) is 0 Å². The smallest absolute Gasteiger partial charge is 0.277 e. The summed E-state index contributed by atoms with van der Waals surface area (Å²) in [6.45, 7) is 2.23. The van der Waals surface area contributed by atoms with E-state index >= 15 is 0 Å². The number of nitrogens with zero attached hydrogens (tertiary/aromatic N) is 2. The average Bonchev–Trinajstić information content (AvgIpc) is 3.00. The van der Waals surface area contributed by atoms with Gasteiger partial charge in [-0.05, 0) is 42.3 Å². The zero-order valence-electron chi connectivity index (χ0n) is 12.5. The summed E-state index contributed by atoms with van der Waals surface area (Å²) in [5, 5.41) is 8.40. The maximum Gasteiger partial charge on any atom is 0.277 e. The lowest BCUT2D eigenvalue weighted by atomic mass is 10.2. The molecule has 0 unspecified atom stereocenters. The molecule has 0 N–H and O–H groups in total. The number of aryl methyl sites for hydroxylation is 1. The van der Waals surface area contributed by atoms with Crippen LogP contribution >= 0.6 is 11.8 Å². The van der Waals surface area contributed by atoms with Crippen molar-refractivity contribution in [1.29, 1.82) is 0 Å². The molecule has 0 aliphatic carbocycles. The third-order valence-electron chi connectivity index (χ3n) is 3.08. The lowest BCUT2D eigenvalue weighted by molar-refractivity contribution is 0.252. The van der Waals surface area contributed by atoms with E-state index in [0.29, 0.717) is 16.9 Å². The molecule has 0 aliphatic heterocycles. The van der Waals surface area contributed by atoms with Crippen LogP contribution in [0.2, 0.25) is 0 Å². The number of rotatable bonds is 6. The number of hydrogen-bond donors (Lipinski definition) is 0. The molecule has 0 aliphatic rings. The molecule has 23 heavy (non-hydrogen) atoms. The van der Waals surface area contributed by atoms with E-state index in [2.05, 4.69) is 10.2 Å². The molecule has 3 rings (SSSR count). The van der Waals surface area contributed by atoms with E-state index in [9.17, 15) is 4.39 Å². The predicted octanol–water partition coefficient (Wildman–Crippen LogP) is 4.39. The van der Waals surface area contributed by atoms with Gasteiger partial charge in [-0.15, -0.1) is 10.2 Å². The zero-order chi connectivity index (χ0) is 16.1. The molecule has 0 amide bonds. The quantitative estimate of drug-likeness (QED) is 0.627. The third-order valence-corrected chi connectivity index (χ3v) is 3.97. The van der Waals surface area contributed by atoms with Crippen molar-refractivity contribution in [2.45, 2.75) is 24.5 Å². The number of ether oxygens (including phenoxy) is 1. The fourth-order valence-electron chi connectivity index (χ4n) is 1.93. The molecule has 0 fully saturated rings. The highest BCUT2D eigenvalue weighted by Gasteiger charge is 2.08. The molecule has 0 saturated heterocycles. The monoisotopic (exact) mass is 330 g/mol. The van der Waals surface area contributed by atoms with Crippen molar-refractivity contribution in [3.63, 3.8) is 0 Å². The average molecular weight is 330 g/mol. The molecule has 1 heterocycles. The van der Waals surface area contributed by atoms with Gasteiger partial charge in [-0.25, -0.2) is 4.39 Å². The summed E-state index contributed by atoms with van der Waals surface area (Å²) < 4.78 is 24.0. The Labute approximate surface area is 137 Å². The molecule has 118 valence electrons. The van der Waals surface area contributed by atoms with Crippen molar-refractivity contribution >= 4 is 11.8 Å². The first-order valence-corrected chi connectivity index (χ1v) is 8.07. The SMILES string of the molecule is Cc1cccc(OCc2nnc(SCc3ccc(F)cc3)o2)c1. The van der Waals surface area contributed by atoms with Crippen LogP contribution in [-0.2, 0) is 12.4 Å². The lowest BCUT2D eigenvalue weighted by Gasteiger charge is -2.03. The number of hydrogen-bond acceptors (Lipinski definition) is 5. The van der Waals surface area contributed by atoms with E-state index in [1.165, 1.54) is 23.9 Å². The van der Waals surface area contributed by atoms with Crippen LogP contribution < -0.4 is 4.74 Å². The van der Waals surface area contributed by atoms with Gasteiger partial charge < -0.3 is 9.15 Å². The van der Waals surface area contributed by atoms with Gasteiger partial charge in [0.25, 0.3) is 11.1 Å². The Bertz CT molecular complexity index is 774. The van der Waals surface area contributed by atoms with Gasteiger partial charge >= 0.3 is 0 Å². The van der Waals surface area contributed by atoms with E-state index in [0.717, 1.165) is 16.9 Å². The second kappa shape index (κ2) is 7.28. The Morgan fingerprint density at radius 1 is 1.13 bits per heavy atom. The van der Waals surface area contributed by atoms with Gasteiger partial charge in [-0.2, -0.15) is 0 Å². The summed E-state index contributed by atoms with van der Waals surface area (Å²) in [5.74, 6) is 1.59. The molecule has 0 saturated carbocycles. The van der Waals surface area contributed by atoms with Crippen molar-refractivity contribution in [3.8, 4) is 5.75 Å². The molecule has 6 heteroatoms. The fraction of sp³-hybridized carbons (Fsp3) is 0.176. The van der Waals surface area contributed by atoms with E-state index in [1.54, 1.807) is 12.1 Å². The van der Waals surface area contributed by atoms with Gasteiger partial charge in [0.2, 0.25) is 0 Å². The highest BCUT2D eigenvalue weighted by Crippen LogP contribution is 2.22. The Morgan fingerprint density at radius 3 is 2.74 bits per heavy atom. The molecule has 1 aromatic heterocycles. The number of thioether (sulfide) groups is 1. The standard InChI is InChI=1S/C17H15FN2O2S/c1-12-3-2-4-15(9-12)21-10-16-19-20-17(22-16)23-11-13-5-7-14(18)8-6-13/h2-9H,10-11H2,1H3. The highest BCUT2D eigenvalue weighted by molar-refractivity contribution is 7.98. The zero-order valence-corrected chi connectivity index (χ0v) is 13.3. The molecule has 4 nitrogen and oxygen atoms in total.